The fourth-order valence-corrected chi connectivity index (χ4v) is 7.31. The third-order valence-electron chi connectivity index (χ3n) is 7.91. The van der Waals surface area contributed by atoms with Gasteiger partial charge in [0.1, 0.15) is 30.0 Å². The second-order valence-electron chi connectivity index (χ2n) is 10.9. The molecule has 2 heterocycles. The summed E-state index contributed by atoms with van der Waals surface area (Å²) in [6.07, 6.45) is 3.07. The van der Waals surface area contributed by atoms with Crippen LogP contribution in [0.3, 0.4) is 0 Å². The highest BCUT2D eigenvalue weighted by atomic mass is 79.9. The number of aromatic nitrogens is 1. The van der Waals surface area contributed by atoms with Crippen molar-refractivity contribution in [1.29, 1.82) is 0 Å². The van der Waals surface area contributed by atoms with Crippen molar-refractivity contribution in [2.75, 3.05) is 13.7 Å². The second-order valence-corrected chi connectivity index (χ2v) is 12.7. The van der Waals surface area contributed by atoms with Gasteiger partial charge in [0.2, 0.25) is 0 Å². The van der Waals surface area contributed by atoms with Crippen LogP contribution in [0.1, 0.15) is 49.4 Å². The number of allylic oxidation sites excluding steroid dienone is 1. The molecule has 0 aliphatic carbocycles. The van der Waals surface area contributed by atoms with E-state index < -0.39 is 12.0 Å². The fraction of sp³-hybridized carbons (Fsp3) is 0.216. The first-order chi connectivity index (χ1) is 22.8. The maximum absolute atomic E-state index is 14.4. The van der Waals surface area contributed by atoms with Crippen LogP contribution in [0.5, 0.6) is 11.5 Å². The summed E-state index contributed by atoms with van der Waals surface area (Å²) in [5.41, 5.74) is 2.54. The molecule has 0 radical (unpaired) electrons. The van der Waals surface area contributed by atoms with Crippen molar-refractivity contribution in [3.8, 4) is 11.5 Å². The van der Waals surface area contributed by atoms with Crippen LogP contribution in [0.15, 0.2) is 104 Å². The molecule has 5 aromatic rings. The quantitative estimate of drug-likeness (QED) is 0.143. The summed E-state index contributed by atoms with van der Waals surface area (Å²) in [5, 5.41) is 1.81. The highest BCUT2D eigenvalue weighted by molar-refractivity contribution is 9.10. The zero-order chi connectivity index (χ0) is 33.1. The molecular weight excluding hydrogens is 683 g/mol. The lowest BCUT2D eigenvalue weighted by atomic mass is 9.90. The number of fused-ring (bicyclic) bond motifs is 2. The zero-order valence-electron chi connectivity index (χ0n) is 26.1. The van der Waals surface area contributed by atoms with Crippen molar-refractivity contribution in [2.45, 2.75) is 39.3 Å². The predicted octanol–water partition coefficient (Wildman–Crippen LogP) is 7.22. The summed E-state index contributed by atoms with van der Waals surface area (Å²) in [5.74, 6) is 0.253. The number of ether oxygens (including phenoxy) is 3. The van der Waals surface area contributed by atoms with Crippen LogP contribution in [-0.4, -0.2) is 24.3 Å². The van der Waals surface area contributed by atoms with Crippen LogP contribution >= 0.6 is 27.3 Å². The van der Waals surface area contributed by atoms with E-state index in [2.05, 4.69) is 15.9 Å². The zero-order valence-corrected chi connectivity index (χ0v) is 28.5. The molecule has 0 amide bonds. The molecule has 47 heavy (non-hydrogen) atoms. The first-order valence-electron chi connectivity index (χ1n) is 15.3. The molecule has 1 aromatic heterocycles. The van der Waals surface area contributed by atoms with E-state index in [1.165, 1.54) is 17.4 Å². The minimum absolute atomic E-state index is 0.0732. The lowest BCUT2D eigenvalue weighted by Gasteiger charge is -2.28. The summed E-state index contributed by atoms with van der Waals surface area (Å²) >= 11 is 4.82. The van der Waals surface area contributed by atoms with Gasteiger partial charge in [-0.1, -0.05) is 79.3 Å². The molecule has 240 valence electrons. The molecule has 0 bridgehead atoms. The Morgan fingerprint density at radius 3 is 2.55 bits per heavy atom. The maximum Gasteiger partial charge on any atom is 0.338 e. The molecule has 4 aromatic carbocycles. The van der Waals surface area contributed by atoms with Crippen molar-refractivity contribution >= 4 is 50.1 Å². The number of nitrogens with zero attached hydrogens (tertiary/aromatic N) is 2. The molecule has 1 atom stereocenters. The predicted molar refractivity (Wildman–Crippen MR) is 185 cm³/mol. The number of hydrogen-bond acceptors (Lipinski definition) is 7. The van der Waals surface area contributed by atoms with Crippen LogP contribution in [0.25, 0.3) is 16.8 Å². The molecule has 0 N–H and O–H groups in total. The fourth-order valence-electron chi connectivity index (χ4n) is 5.78. The molecule has 7 nitrogen and oxygen atoms in total. The summed E-state index contributed by atoms with van der Waals surface area (Å²) < 4.78 is 34.1. The van der Waals surface area contributed by atoms with Gasteiger partial charge in [0.15, 0.2) is 4.80 Å². The van der Waals surface area contributed by atoms with E-state index in [-0.39, 0.29) is 24.6 Å². The summed E-state index contributed by atoms with van der Waals surface area (Å²) in [7, 11) is 1.58. The minimum atomic E-state index is -0.823. The number of carbonyl (C=O) groups excluding carboxylic acids is 1. The number of hydrogen-bond donors (Lipinski definition) is 0. The van der Waals surface area contributed by atoms with Gasteiger partial charge in [-0.05, 0) is 76.0 Å². The largest absolute Gasteiger partial charge is 0.496 e. The molecule has 1 aliphatic heterocycles. The Morgan fingerprint density at radius 2 is 1.81 bits per heavy atom. The third-order valence-corrected chi connectivity index (χ3v) is 9.51. The van der Waals surface area contributed by atoms with Gasteiger partial charge in [0.25, 0.3) is 5.56 Å². The highest BCUT2D eigenvalue weighted by Crippen LogP contribution is 2.41. The van der Waals surface area contributed by atoms with Gasteiger partial charge in [-0.15, -0.1) is 0 Å². The average molecular weight is 716 g/mol. The van der Waals surface area contributed by atoms with Crippen molar-refractivity contribution < 1.29 is 23.4 Å². The van der Waals surface area contributed by atoms with Gasteiger partial charge in [0, 0.05) is 11.1 Å². The molecule has 6 rings (SSSR count). The number of methoxy groups -OCH3 is 1. The lowest BCUT2D eigenvalue weighted by molar-refractivity contribution is -0.139. The normalized spacial score (nSPS) is 14.6. The lowest BCUT2D eigenvalue weighted by Crippen LogP contribution is -2.40. The number of halogens is 2. The number of carbonyl (C=O) groups is 1. The molecule has 1 aliphatic rings. The van der Waals surface area contributed by atoms with E-state index in [9.17, 15) is 14.0 Å². The van der Waals surface area contributed by atoms with Crippen LogP contribution < -0.4 is 24.4 Å². The van der Waals surface area contributed by atoms with E-state index in [0.29, 0.717) is 54.1 Å². The molecule has 0 fully saturated rings. The van der Waals surface area contributed by atoms with Crippen molar-refractivity contribution in [1.82, 2.24) is 4.57 Å². The molecule has 0 saturated carbocycles. The Morgan fingerprint density at radius 1 is 1.04 bits per heavy atom. The molecule has 10 heteroatoms. The van der Waals surface area contributed by atoms with E-state index in [1.807, 2.05) is 55.5 Å². The van der Waals surface area contributed by atoms with E-state index in [1.54, 1.807) is 48.9 Å². The van der Waals surface area contributed by atoms with Crippen LogP contribution in [0, 0.1) is 5.82 Å². The molecular formula is C37H32BrFN2O5S. The van der Waals surface area contributed by atoms with Crippen molar-refractivity contribution in [2.24, 2.45) is 4.99 Å². The Kier molecular flexibility index (Phi) is 9.70. The molecule has 0 saturated heterocycles. The Balaban J connectivity index is 1.50. The first-order valence-corrected chi connectivity index (χ1v) is 16.9. The molecule has 0 unspecified atom stereocenters. The smallest absolute Gasteiger partial charge is 0.338 e. The van der Waals surface area contributed by atoms with Crippen LogP contribution in [-0.2, 0) is 16.1 Å². The van der Waals surface area contributed by atoms with Gasteiger partial charge >= 0.3 is 5.97 Å². The second kappa shape index (κ2) is 14.1. The standard InChI is InChI=1S/C37H32BrFN2O5S/c1-4-10-28-33(36(43)45-5-2)34(32-25-13-8-6-11-23(25)16-18-30(32)44-3)41-35(42)31(47-37(41)40-28)20-22-15-17-29(26(38)19-22)46-21-24-12-7-9-14-27(24)39/h6-9,11-20,34H,4-5,10,21H2,1-3H3/t34-/m0/s1. The highest BCUT2D eigenvalue weighted by Gasteiger charge is 2.37. The van der Waals surface area contributed by atoms with Gasteiger partial charge in [0.05, 0.1) is 34.0 Å². The minimum Gasteiger partial charge on any atom is -0.496 e. The molecule has 0 spiro atoms. The van der Waals surface area contributed by atoms with Crippen LogP contribution in [0.2, 0.25) is 0 Å². The monoisotopic (exact) mass is 714 g/mol. The summed E-state index contributed by atoms with van der Waals surface area (Å²) in [4.78, 5) is 33.5. The van der Waals surface area contributed by atoms with E-state index in [0.717, 1.165) is 22.8 Å². The SMILES string of the molecule is CCCC1=C(C(=O)OCC)[C@H](c2c(OC)ccc3ccccc23)n2c(sc(=Cc3ccc(OCc4ccccc4F)c(Br)c3)c2=O)=N1. The Bertz CT molecular complexity index is 2210. The van der Waals surface area contributed by atoms with Crippen molar-refractivity contribution in [3.05, 3.63) is 137 Å². The average Bonchev–Trinajstić information content (AvgIpc) is 3.38. The topological polar surface area (TPSA) is 79.1 Å². The van der Waals surface area contributed by atoms with Gasteiger partial charge in [-0.3, -0.25) is 9.36 Å². The number of rotatable bonds is 10. The van der Waals surface area contributed by atoms with Gasteiger partial charge < -0.3 is 14.2 Å². The number of esters is 1. The van der Waals surface area contributed by atoms with E-state index in [4.69, 9.17) is 19.2 Å². The summed E-state index contributed by atoms with van der Waals surface area (Å²) in [6.45, 7) is 4.04. The first kappa shape index (κ1) is 32.4. The van der Waals surface area contributed by atoms with Crippen molar-refractivity contribution in [3.63, 3.8) is 0 Å². The Hall–Kier alpha value is -4.54. The number of thiazole rings is 1. The number of benzene rings is 4. The maximum atomic E-state index is 14.4. The van der Waals surface area contributed by atoms with Gasteiger partial charge in [-0.2, -0.15) is 0 Å². The third kappa shape index (κ3) is 6.40. The Labute approximate surface area is 283 Å². The van der Waals surface area contributed by atoms with Gasteiger partial charge in [-0.25, -0.2) is 14.2 Å². The summed E-state index contributed by atoms with van der Waals surface area (Å²) in [6, 6.07) is 22.8. The van der Waals surface area contributed by atoms with Crippen LogP contribution in [0.4, 0.5) is 4.39 Å². The van der Waals surface area contributed by atoms with E-state index >= 15 is 0 Å².